The molecular weight excluding hydrogens is 382 g/mol. The molecule has 1 aromatic carbocycles. The highest BCUT2D eigenvalue weighted by Crippen LogP contribution is 2.33. The highest BCUT2D eigenvalue weighted by molar-refractivity contribution is 6.03. The molecule has 0 N–H and O–H groups in total. The van der Waals surface area contributed by atoms with Crippen molar-refractivity contribution in [2.75, 3.05) is 20.7 Å². The smallest absolute Gasteiger partial charge is 0.257 e. The van der Waals surface area contributed by atoms with E-state index in [1.165, 1.54) is 0 Å². The molecule has 0 fully saturated rings. The second-order valence-electron chi connectivity index (χ2n) is 7.43. The summed E-state index contributed by atoms with van der Waals surface area (Å²) >= 11 is 0. The van der Waals surface area contributed by atoms with E-state index in [0.29, 0.717) is 13.0 Å². The fourth-order valence-corrected chi connectivity index (χ4v) is 3.60. The van der Waals surface area contributed by atoms with Crippen LogP contribution < -0.4 is 4.74 Å². The van der Waals surface area contributed by atoms with Gasteiger partial charge in [0.25, 0.3) is 5.91 Å². The Labute approximate surface area is 175 Å². The molecule has 30 heavy (non-hydrogen) atoms. The summed E-state index contributed by atoms with van der Waals surface area (Å²) in [7, 11) is 3.53. The van der Waals surface area contributed by atoms with Gasteiger partial charge in [-0.15, -0.1) is 0 Å². The SMILES string of the molecule is COc1ccc(C2=NN(C(=O)CN(C)Cc3ccc(C)o3)[C@@H](c3ccco3)C2)cc1. The maximum Gasteiger partial charge on any atom is 0.257 e. The quantitative estimate of drug-likeness (QED) is 0.592. The van der Waals surface area contributed by atoms with E-state index in [1.807, 2.05) is 67.4 Å². The summed E-state index contributed by atoms with van der Waals surface area (Å²) in [5, 5.41) is 6.21. The summed E-state index contributed by atoms with van der Waals surface area (Å²) in [5.41, 5.74) is 1.80. The number of hydrogen-bond acceptors (Lipinski definition) is 6. The Hall–Kier alpha value is -3.32. The lowest BCUT2D eigenvalue weighted by atomic mass is 10.0. The minimum atomic E-state index is -0.260. The number of ether oxygens (including phenoxy) is 1. The number of amides is 1. The lowest BCUT2D eigenvalue weighted by Crippen LogP contribution is -2.36. The van der Waals surface area contributed by atoms with Gasteiger partial charge in [-0.2, -0.15) is 5.10 Å². The minimum absolute atomic E-state index is 0.0920. The average molecular weight is 407 g/mol. The van der Waals surface area contributed by atoms with Crippen molar-refractivity contribution in [2.45, 2.75) is 25.9 Å². The molecule has 1 atom stereocenters. The molecule has 2 aromatic heterocycles. The summed E-state index contributed by atoms with van der Waals surface area (Å²) in [6.07, 6.45) is 2.21. The maximum absolute atomic E-state index is 13.1. The van der Waals surface area contributed by atoms with E-state index in [4.69, 9.17) is 13.6 Å². The molecule has 0 saturated heterocycles. The van der Waals surface area contributed by atoms with Gasteiger partial charge in [-0.05, 0) is 68.1 Å². The third kappa shape index (κ3) is 4.31. The van der Waals surface area contributed by atoms with Crippen LogP contribution in [0.2, 0.25) is 0 Å². The molecule has 4 rings (SSSR count). The zero-order chi connectivity index (χ0) is 21.1. The fraction of sp³-hybridized carbons (Fsp3) is 0.304. The van der Waals surface area contributed by atoms with Crippen LogP contribution in [0.25, 0.3) is 0 Å². The molecule has 1 aliphatic rings. The molecule has 3 heterocycles. The van der Waals surface area contributed by atoms with Gasteiger partial charge in [0.15, 0.2) is 0 Å². The van der Waals surface area contributed by atoms with Crippen molar-refractivity contribution in [1.29, 1.82) is 0 Å². The molecule has 7 nitrogen and oxygen atoms in total. The number of rotatable bonds is 7. The van der Waals surface area contributed by atoms with E-state index < -0.39 is 0 Å². The van der Waals surface area contributed by atoms with Crippen LogP contribution in [0.4, 0.5) is 0 Å². The van der Waals surface area contributed by atoms with E-state index in [2.05, 4.69) is 5.10 Å². The Kier molecular flexibility index (Phi) is 5.72. The van der Waals surface area contributed by atoms with Gasteiger partial charge in [-0.25, -0.2) is 5.01 Å². The Balaban J connectivity index is 1.52. The molecular formula is C23H25N3O4. The lowest BCUT2D eigenvalue weighted by Gasteiger charge is -2.22. The predicted molar refractivity (Wildman–Crippen MR) is 112 cm³/mol. The standard InChI is InChI=1S/C23H25N3O4/c1-16-6-9-19(30-16)14-25(2)15-23(27)26-21(22-5-4-12-29-22)13-20(24-26)17-7-10-18(28-3)11-8-17/h4-12,21H,13-15H2,1-3H3/t21-/m1/s1. The number of aryl methyl sites for hydroxylation is 1. The molecule has 0 unspecified atom stereocenters. The first-order valence-electron chi connectivity index (χ1n) is 9.84. The summed E-state index contributed by atoms with van der Waals surface area (Å²) in [5.74, 6) is 3.10. The van der Waals surface area contributed by atoms with Crippen LogP contribution in [0.3, 0.4) is 0 Å². The molecule has 3 aromatic rings. The maximum atomic E-state index is 13.1. The van der Waals surface area contributed by atoms with Crippen LogP contribution in [0.5, 0.6) is 5.75 Å². The van der Waals surface area contributed by atoms with Crippen LogP contribution >= 0.6 is 0 Å². The van der Waals surface area contributed by atoms with Gasteiger partial charge < -0.3 is 13.6 Å². The summed E-state index contributed by atoms with van der Waals surface area (Å²) in [4.78, 5) is 15.0. The fourth-order valence-electron chi connectivity index (χ4n) is 3.60. The number of hydrazone groups is 1. The second kappa shape index (κ2) is 8.59. The van der Waals surface area contributed by atoms with Crippen LogP contribution in [-0.4, -0.2) is 42.2 Å². The van der Waals surface area contributed by atoms with Crippen LogP contribution in [0.15, 0.2) is 68.7 Å². The van der Waals surface area contributed by atoms with Gasteiger partial charge in [-0.3, -0.25) is 9.69 Å². The third-order valence-corrected chi connectivity index (χ3v) is 5.09. The molecule has 0 spiro atoms. The molecule has 0 saturated carbocycles. The number of nitrogens with zero attached hydrogens (tertiary/aromatic N) is 3. The number of benzene rings is 1. The number of methoxy groups -OCH3 is 1. The molecule has 156 valence electrons. The van der Waals surface area contributed by atoms with Crippen LogP contribution in [-0.2, 0) is 11.3 Å². The van der Waals surface area contributed by atoms with E-state index in [1.54, 1.807) is 18.4 Å². The number of carbonyl (C=O) groups excluding carboxylic acids is 1. The van der Waals surface area contributed by atoms with Crippen LogP contribution in [0.1, 0.15) is 35.3 Å². The van der Waals surface area contributed by atoms with Crippen molar-refractivity contribution in [3.05, 3.63) is 77.6 Å². The molecule has 0 aliphatic carbocycles. The van der Waals surface area contributed by atoms with Crippen molar-refractivity contribution >= 4 is 11.6 Å². The zero-order valence-electron chi connectivity index (χ0n) is 17.4. The number of furan rings is 2. The number of carbonyl (C=O) groups is 1. The lowest BCUT2D eigenvalue weighted by molar-refractivity contribution is -0.134. The normalized spacial score (nSPS) is 16.2. The zero-order valence-corrected chi connectivity index (χ0v) is 17.4. The van der Waals surface area contributed by atoms with E-state index in [-0.39, 0.29) is 18.5 Å². The molecule has 1 aliphatic heterocycles. The largest absolute Gasteiger partial charge is 0.497 e. The summed E-state index contributed by atoms with van der Waals surface area (Å²) in [6, 6.07) is 15.0. The highest BCUT2D eigenvalue weighted by Gasteiger charge is 2.35. The summed E-state index contributed by atoms with van der Waals surface area (Å²) < 4.78 is 16.5. The van der Waals surface area contributed by atoms with Crippen LogP contribution in [0, 0.1) is 6.92 Å². The van der Waals surface area contributed by atoms with Crippen molar-refractivity contribution in [3.8, 4) is 5.75 Å². The van der Waals surface area contributed by atoms with Gasteiger partial charge in [0.2, 0.25) is 0 Å². The van der Waals surface area contributed by atoms with Crippen molar-refractivity contribution < 1.29 is 18.4 Å². The molecule has 0 bridgehead atoms. The topological polar surface area (TPSA) is 71.4 Å². The van der Waals surface area contributed by atoms with E-state index >= 15 is 0 Å². The van der Waals surface area contributed by atoms with Gasteiger partial charge in [0, 0.05) is 6.42 Å². The van der Waals surface area contributed by atoms with E-state index in [0.717, 1.165) is 34.3 Å². The summed E-state index contributed by atoms with van der Waals surface area (Å²) in [6.45, 7) is 2.67. The molecule has 0 radical (unpaired) electrons. The van der Waals surface area contributed by atoms with E-state index in [9.17, 15) is 4.79 Å². The van der Waals surface area contributed by atoms with Crippen molar-refractivity contribution in [1.82, 2.24) is 9.91 Å². The van der Waals surface area contributed by atoms with Gasteiger partial charge in [0.1, 0.15) is 29.1 Å². The molecule has 1 amide bonds. The first kappa shape index (κ1) is 20.0. The number of likely N-dealkylation sites (N-methyl/N-ethyl adjacent to an activating group) is 1. The Morgan fingerprint density at radius 1 is 1.23 bits per heavy atom. The predicted octanol–water partition coefficient (Wildman–Crippen LogP) is 4.00. The third-order valence-electron chi connectivity index (χ3n) is 5.09. The highest BCUT2D eigenvalue weighted by atomic mass is 16.5. The van der Waals surface area contributed by atoms with Gasteiger partial charge >= 0.3 is 0 Å². The first-order chi connectivity index (χ1) is 14.5. The van der Waals surface area contributed by atoms with Gasteiger partial charge in [-0.1, -0.05) is 0 Å². The van der Waals surface area contributed by atoms with Gasteiger partial charge in [0.05, 0.1) is 32.2 Å². The Morgan fingerprint density at radius 2 is 2.03 bits per heavy atom. The average Bonchev–Trinajstić information content (AvgIpc) is 3.48. The monoisotopic (exact) mass is 407 g/mol. The Morgan fingerprint density at radius 3 is 2.67 bits per heavy atom. The minimum Gasteiger partial charge on any atom is -0.497 e. The second-order valence-corrected chi connectivity index (χ2v) is 7.43. The first-order valence-corrected chi connectivity index (χ1v) is 9.84. The Bertz CT molecular complexity index is 1020. The molecule has 7 heteroatoms. The number of hydrogen-bond donors (Lipinski definition) is 0. The van der Waals surface area contributed by atoms with Crippen molar-refractivity contribution in [2.24, 2.45) is 5.10 Å². The van der Waals surface area contributed by atoms with Crippen molar-refractivity contribution in [3.63, 3.8) is 0 Å².